The minimum absolute atomic E-state index is 0.140. The average molecular weight is 328 g/mol. The minimum Gasteiger partial charge on any atom is -0.262 e. The molecule has 0 saturated carbocycles. The molecule has 116 valence electrons. The van der Waals surface area contributed by atoms with E-state index in [9.17, 15) is 8.42 Å². The van der Waals surface area contributed by atoms with Gasteiger partial charge in [0.05, 0.1) is 17.2 Å². The molecule has 0 fully saturated rings. The molecule has 8 heteroatoms. The monoisotopic (exact) mass is 328 g/mol. The highest BCUT2D eigenvalue weighted by Gasteiger charge is 2.17. The highest BCUT2D eigenvalue weighted by molar-refractivity contribution is 7.89. The van der Waals surface area contributed by atoms with E-state index in [2.05, 4.69) is 19.9 Å². The van der Waals surface area contributed by atoms with Gasteiger partial charge in [0.25, 0.3) is 0 Å². The molecule has 0 saturated heterocycles. The lowest BCUT2D eigenvalue weighted by Gasteiger charge is -2.12. The van der Waals surface area contributed by atoms with Gasteiger partial charge in [-0.2, -0.15) is 5.10 Å². The standard InChI is InChI=1S/C13H20N4O2S2/c1-3-10(4-2)9-21(18,19)14-8-12-15-13(17-16-12)11-6-5-7-20-11/h5-7,10,14H,3-4,8-9H2,1-2H3,(H,15,16,17). The van der Waals surface area contributed by atoms with Gasteiger partial charge in [-0.1, -0.05) is 32.8 Å². The van der Waals surface area contributed by atoms with Crippen LogP contribution in [0, 0.1) is 5.92 Å². The van der Waals surface area contributed by atoms with Gasteiger partial charge >= 0.3 is 0 Å². The maximum Gasteiger partial charge on any atom is 0.212 e. The molecular weight excluding hydrogens is 308 g/mol. The molecule has 0 aromatic carbocycles. The maximum atomic E-state index is 12.0. The van der Waals surface area contributed by atoms with Crippen LogP contribution in [0.15, 0.2) is 17.5 Å². The zero-order chi connectivity index (χ0) is 15.3. The van der Waals surface area contributed by atoms with Gasteiger partial charge in [0.1, 0.15) is 5.82 Å². The Hall–Kier alpha value is -1.25. The molecule has 0 unspecified atom stereocenters. The number of sulfonamides is 1. The summed E-state index contributed by atoms with van der Waals surface area (Å²) >= 11 is 1.54. The molecule has 21 heavy (non-hydrogen) atoms. The first-order valence-corrected chi connectivity index (χ1v) is 9.49. The van der Waals surface area contributed by atoms with Crippen molar-refractivity contribution in [1.29, 1.82) is 0 Å². The first-order valence-electron chi connectivity index (χ1n) is 6.96. The Balaban J connectivity index is 1.94. The van der Waals surface area contributed by atoms with Crippen molar-refractivity contribution in [3.8, 4) is 10.7 Å². The Morgan fingerprint density at radius 2 is 2.14 bits per heavy atom. The third-order valence-corrected chi connectivity index (χ3v) is 5.70. The molecule has 0 aliphatic heterocycles. The summed E-state index contributed by atoms with van der Waals surface area (Å²) in [7, 11) is -3.28. The molecule has 0 amide bonds. The molecule has 0 atom stereocenters. The van der Waals surface area contributed by atoms with Gasteiger partial charge in [0, 0.05) is 0 Å². The summed E-state index contributed by atoms with van der Waals surface area (Å²) in [6.07, 6.45) is 1.73. The molecule has 0 spiro atoms. The molecule has 2 rings (SSSR count). The largest absolute Gasteiger partial charge is 0.262 e. The summed E-state index contributed by atoms with van der Waals surface area (Å²) in [5, 5.41) is 8.81. The van der Waals surface area contributed by atoms with Crippen molar-refractivity contribution < 1.29 is 8.42 Å². The smallest absolute Gasteiger partial charge is 0.212 e. The van der Waals surface area contributed by atoms with Crippen LogP contribution in [-0.4, -0.2) is 29.4 Å². The third kappa shape index (κ3) is 4.62. The maximum absolute atomic E-state index is 12.0. The Bertz CT molecular complexity index is 646. The first-order chi connectivity index (χ1) is 10.0. The minimum atomic E-state index is -3.28. The zero-order valence-corrected chi connectivity index (χ0v) is 13.8. The first kappa shape index (κ1) is 16.1. The summed E-state index contributed by atoms with van der Waals surface area (Å²) < 4.78 is 26.6. The van der Waals surface area contributed by atoms with E-state index in [1.165, 1.54) is 0 Å². The van der Waals surface area contributed by atoms with Crippen LogP contribution in [0.25, 0.3) is 10.7 Å². The van der Waals surface area contributed by atoms with E-state index in [0.29, 0.717) is 11.6 Å². The normalized spacial score (nSPS) is 12.1. The molecule has 0 bridgehead atoms. The summed E-state index contributed by atoms with van der Waals surface area (Å²) in [4.78, 5) is 5.25. The van der Waals surface area contributed by atoms with Crippen molar-refractivity contribution in [3.05, 3.63) is 23.3 Å². The molecular formula is C13H20N4O2S2. The number of nitrogens with one attached hydrogen (secondary N) is 2. The molecule has 2 aromatic rings. The second-order valence-electron chi connectivity index (χ2n) is 4.87. The number of aromatic amines is 1. The fourth-order valence-electron chi connectivity index (χ4n) is 1.96. The summed E-state index contributed by atoms with van der Waals surface area (Å²) in [6.45, 7) is 4.15. The number of H-pyrrole nitrogens is 1. The Labute approximate surface area is 129 Å². The van der Waals surface area contributed by atoms with Crippen LogP contribution in [0.5, 0.6) is 0 Å². The van der Waals surface area contributed by atoms with Crippen LogP contribution in [0.4, 0.5) is 0 Å². The number of hydrogen-bond acceptors (Lipinski definition) is 5. The van der Waals surface area contributed by atoms with E-state index in [0.717, 1.165) is 17.7 Å². The van der Waals surface area contributed by atoms with Gasteiger partial charge in [0.2, 0.25) is 10.0 Å². The van der Waals surface area contributed by atoms with E-state index in [1.54, 1.807) is 11.3 Å². The molecule has 6 nitrogen and oxygen atoms in total. The number of aromatic nitrogens is 3. The van der Waals surface area contributed by atoms with Gasteiger partial charge in [-0.15, -0.1) is 11.3 Å². The summed E-state index contributed by atoms with van der Waals surface area (Å²) in [6, 6.07) is 3.85. The van der Waals surface area contributed by atoms with E-state index >= 15 is 0 Å². The molecule has 0 aliphatic rings. The van der Waals surface area contributed by atoms with E-state index in [4.69, 9.17) is 0 Å². The third-order valence-electron chi connectivity index (χ3n) is 3.34. The van der Waals surface area contributed by atoms with E-state index in [-0.39, 0.29) is 18.2 Å². The van der Waals surface area contributed by atoms with Crippen molar-refractivity contribution in [1.82, 2.24) is 19.9 Å². The van der Waals surface area contributed by atoms with Crippen molar-refractivity contribution in [3.63, 3.8) is 0 Å². The van der Waals surface area contributed by atoms with Crippen LogP contribution >= 0.6 is 11.3 Å². The molecule has 2 heterocycles. The van der Waals surface area contributed by atoms with Gasteiger partial charge in [0.15, 0.2) is 5.82 Å². The Morgan fingerprint density at radius 1 is 1.38 bits per heavy atom. The van der Waals surface area contributed by atoms with Crippen molar-refractivity contribution in [2.75, 3.05) is 5.75 Å². The van der Waals surface area contributed by atoms with Crippen molar-refractivity contribution in [2.45, 2.75) is 33.2 Å². The van der Waals surface area contributed by atoms with Crippen molar-refractivity contribution >= 4 is 21.4 Å². The quantitative estimate of drug-likeness (QED) is 0.779. The Morgan fingerprint density at radius 3 is 2.76 bits per heavy atom. The lowest BCUT2D eigenvalue weighted by molar-refractivity contribution is 0.516. The molecule has 2 N–H and O–H groups in total. The van der Waals surface area contributed by atoms with Gasteiger partial charge in [-0.05, 0) is 17.4 Å². The van der Waals surface area contributed by atoms with Crippen LogP contribution in [0.2, 0.25) is 0 Å². The number of rotatable bonds is 8. The topological polar surface area (TPSA) is 87.7 Å². The van der Waals surface area contributed by atoms with Crippen molar-refractivity contribution in [2.24, 2.45) is 5.92 Å². The number of hydrogen-bond donors (Lipinski definition) is 2. The average Bonchev–Trinajstić information content (AvgIpc) is 3.13. The molecule has 0 aliphatic carbocycles. The lowest BCUT2D eigenvalue weighted by atomic mass is 10.1. The highest BCUT2D eigenvalue weighted by Crippen LogP contribution is 2.20. The second-order valence-corrected chi connectivity index (χ2v) is 7.67. The van der Waals surface area contributed by atoms with E-state index < -0.39 is 10.0 Å². The van der Waals surface area contributed by atoms with Crippen LogP contribution in [0.1, 0.15) is 32.5 Å². The SMILES string of the molecule is CCC(CC)CS(=O)(=O)NCc1nc(-c2cccs2)n[nH]1. The lowest BCUT2D eigenvalue weighted by Crippen LogP contribution is -2.29. The van der Waals surface area contributed by atoms with Crippen LogP contribution in [-0.2, 0) is 16.6 Å². The summed E-state index contributed by atoms with van der Waals surface area (Å²) in [5.41, 5.74) is 0. The second kappa shape index (κ2) is 7.15. The Kier molecular flexibility index (Phi) is 5.49. The van der Waals surface area contributed by atoms with Crippen LogP contribution < -0.4 is 4.72 Å². The fourth-order valence-corrected chi connectivity index (χ4v) is 4.19. The van der Waals surface area contributed by atoms with Crippen LogP contribution in [0.3, 0.4) is 0 Å². The van der Waals surface area contributed by atoms with Gasteiger partial charge < -0.3 is 0 Å². The predicted octanol–water partition coefficient (Wildman–Crippen LogP) is 2.39. The molecule has 0 radical (unpaired) electrons. The number of thiophene rings is 1. The molecule has 2 aromatic heterocycles. The number of nitrogens with zero attached hydrogens (tertiary/aromatic N) is 2. The summed E-state index contributed by atoms with van der Waals surface area (Å²) in [5.74, 6) is 1.47. The zero-order valence-electron chi connectivity index (χ0n) is 12.2. The van der Waals surface area contributed by atoms with Gasteiger partial charge in [-0.25, -0.2) is 18.1 Å². The van der Waals surface area contributed by atoms with E-state index in [1.807, 2.05) is 31.4 Å². The fraction of sp³-hybridized carbons (Fsp3) is 0.538. The van der Waals surface area contributed by atoms with Gasteiger partial charge in [-0.3, -0.25) is 5.10 Å². The predicted molar refractivity (Wildman–Crippen MR) is 84.4 cm³/mol. The highest BCUT2D eigenvalue weighted by atomic mass is 32.2.